The minimum atomic E-state index is -0.892. The van der Waals surface area contributed by atoms with Crippen LogP contribution in [0.25, 0.3) is 11.3 Å². The summed E-state index contributed by atoms with van der Waals surface area (Å²) in [6.45, 7) is 4.21. The van der Waals surface area contributed by atoms with Gasteiger partial charge in [0.1, 0.15) is 22.8 Å². The van der Waals surface area contributed by atoms with Crippen molar-refractivity contribution < 1.29 is 13.2 Å². The van der Waals surface area contributed by atoms with Gasteiger partial charge in [-0.3, -0.25) is 0 Å². The van der Waals surface area contributed by atoms with Crippen LogP contribution < -0.4 is 0 Å². The quantitative estimate of drug-likeness (QED) is 0.610. The summed E-state index contributed by atoms with van der Waals surface area (Å²) in [5.74, 6) is 2.45. The van der Waals surface area contributed by atoms with Crippen molar-refractivity contribution in [2.75, 3.05) is 0 Å². The lowest BCUT2D eigenvalue weighted by Gasteiger charge is -2.37. The van der Waals surface area contributed by atoms with E-state index in [1.807, 2.05) is 0 Å². The van der Waals surface area contributed by atoms with Crippen LogP contribution in [0.2, 0.25) is 0 Å². The molecule has 0 saturated carbocycles. The van der Waals surface area contributed by atoms with Crippen molar-refractivity contribution in [2.45, 2.75) is 38.0 Å². The number of benzene rings is 1. The van der Waals surface area contributed by atoms with Crippen LogP contribution in [-0.4, -0.2) is 15.2 Å². The molecule has 0 N–H and O–H groups in total. The van der Waals surface area contributed by atoms with Gasteiger partial charge >= 0.3 is 0 Å². The number of hydrogen-bond acceptors (Lipinski definition) is 4. The maximum atomic E-state index is 14.3. The lowest BCUT2D eigenvalue weighted by molar-refractivity contribution is 0.340. The van der Waals surface area contributed by atoms with Gasteiger partial charge in [-0.15, -0.1) is 11.5 Å². The van der Waals surface area contributed by atoms with Gasteiger partial charge in [-0.05, 0) is 48.4 Å². The average molecular weight is 379 g/mol. The zero-order valence-corrected chi connectivity index (χ0v) is 15.6. The van der Waals surface area contributed by atoms with Crippen molar-refractivity contribution in [1.82, 2.24) is 15.2 Å². The zero-order valence-electron chi connectivity index (χ0n) is 15.6. The van der Waals surface area contributed by atoms with Crippen LogP contribution >= 0.6 is 0 Å². The Morgan fingerprint density at radius 1 is 1.25 bits per heavy atom. The van der Waals surface area contributed by atoms with E-state index in [1.54, 1.807) is 12.3 Å². The van der Waals surface area contributed by atoms with Crippen LogP contribution in [0.15, 0.2) is 41.3 Å². The number of aromatic nitrogens is 3. The third-order valence-electron chi connectivity index (χ3n) is 5.58. The number of rotatable bonds is 3. The molecule has 0 saturated heterocycles. The van der Waals surface area contributed by atoms with E-state index in [1.165, 1.54) is 24.6 Å². The molecule has 28 heavy (non-hydrogen) atoms. The molecule has 1 aromatic carbocycles. The Morgan fingerprint density at radius 2 is 2.00 bits per heavy atom. The minimum Gasteiger partial charge on any atom is -0.446 e. The molecule has 142 valence electrons. The maximum absolute atomic E-state index is 14.3. The van der Waals surface area contributed by atoms with E-state index in [2.05, 4.69) is 34.9 Å². The molecule has 6 heteroatoms. The summed E-state index contributed by atoms with van der Waals surface area (Å²) in [7, 11) is 0. The first kappa shape index (κ1) is 18.3. The molecular weight excluding hydrogens is 360 g/mol. The Labute approximate surface area is 162 Å². The molecule has 2 heterocycles. The van der Waals surface area contributed by atoms with Crippen molar-refractivity contribution in [2.24, 2.45) is 5.92 Å². The Kier molecular flexibility index (Phi) is 4.46. The third-order valence-corrected chi connectivity index (χ3v) is 5.58. The molecule has 3 aromatic rings. The van der Waals surface area contributed by atoms with E-state index < -0.39 is 17.0 Å². The molecule has 1 aliphatic carbocycles. The van der Waals surface area contributed by atoms with Gasteiger partial charge in [-0.1, -0.05) is 25.8 Å². The number of nitrogens with zero attached hydrogens (tertiary/aromatic N) is 3. The molecular formula is C22H19F2N3O. The third kappa shape index (κ3) is 2.70. The van der Waals surface area contributed by atoms with Crippen LogP contribution in [0.5, 0.6) is 0 Å². The van der Waals surface area contributed by atoms with Gasteiger partial charge < -0.3 is 4.42 Å². The summed E-state index contributed by atoms with van der Waals surface area (Å²) in [5.41, 5.74) is 0.527. The summed E-state index contributed by atoms with van der Waals surface area (Å²) >= 11 is 0. The fraction of sp³-hybridized carbons (Fsp3) is 0.318. The highest BCUT2D eigenvalue weighted by Crippen LogP contribution is 2.48. The summed E-state index contributed by atoms with van der Waals surface area (Å²) in [4.78, 5) is 4.00. The molecule has 0 aliphatic heterocycles. The van der Waals surface area contributed by atoms with Crippen LogP contribution in [-0.2, 0) is 5.41 Å². The standard InChI is InChI=1S/C22H19F2N3O/c1-4-22(19-11-25-12-28-19)9-8-14(13(2)3)15-10-18(26-27-21(15)22)20-16(23)6-5-7-17(20)24/h1,5-7,10-14H,8-9H2,2-3H3/t14-,22-/m1/s1. The van der Waals surface area contributed by atoms with Crippen LogP contribution in [0.3, 0.4) is 0 Å². The first-order valence-electron chi connectivity index (χ1n) is 9.17. The first-order chi connectivity index (χ1) is 13.5. The summed E-state index contributed by atoms with van der Waals surface area (Å²) in [6.07, 6.45) is 10.3. The largest absolute Gasteiger partial charge is 0.446 e. The number of halogens is 2. The van der Waals surface area contributed by atoms with E-state index >= 15 is 0 Å². The van der Waals surface area contributed by atoms with Crippen molar-refractivity contribution in [3.8, 4) is 23.6 Å². The van der Waals surface area contributed by atoms with Gasteiger partial charge in [0.05, 0.1) is 23.1 Å². The van der Waals surface area contributed by atoms with Crippen molar-refractivity contribution >= 4 is 0 Å². The molecule has 0 amide bonds. The summed E-state index contributed by atoms with van der Waals surface area (Å²) < 4.78 is 34.1. The van der Waals surface area contributed by atoms with Crippen molar-refractivity contribution in [1.29, 1.82) is 0 Å². The average Bonchev–Trinajstić information content (AvgIpc) is 3.22. The highest BCUT2D eigenvalue weighted by molar-refractivity contribution is 5.62. The molecule has 0 fully saturated rings. The lowest BCUT2D eigenvalue weighted by Crippen LogP contribution is -2.35. The Hall–Kier alpha value is -3.07. The highest BCUT2D eigenvalue weighted by atomic mass is 19.1. The normalized spacial score (nSPS) is 21.4. The van der Waals surface area contributed by atoms with Crippen LogP contribution in [0.4, 0.5) is 8.78 Å². The topological polar surface area (TPSA) is 51.8 Å². The van der Waals surface area contributed by atoms with Gasteiger partial charge in [-0.2, -0.15) is 5.10 Å². The Balaban J connectivity index is 1.95. The Bertz CT molecular complexity index is 1040. The van der Waals surface area contributed by atoms with E-state index in [-0.39, 0.29) is 17.2 Å². The fourth-order valence-electron chi connectivity index (χ4n) is 4.10. The predicted octanol–water partition coefficient (Wildman–Crippen LogP) is 4.86. The van der Waals surface area contributed by atoms with Crippen LogP contribution in [0, 0.1) is 29.9 Å². The van der Waals surface area contributed by atoms with Gasteiger partial charge in [0.25, 0.3) is 0 Å². The van der Waals surface area contributed by atoms with E-state index in [9.17, 15) is 8.78 Å². The van der Waals surface area contributed by atoms with Crippen LogP contribution in [0.1, 0.15) is 49.6 Å². The molecule has 0 radical (unpaired) electrons. The van der Waals surface area contributed by atoms with E-state index in [0.29, 0.717) is 23.8 Å². The highest BCUT2D eigenvalue weighted by Gasteiger charge is 2.45. The van der Waals surface area contributed by atoms with E-state index in [4.69, 9.17) is 10.8 Å². The van der Waals surface area contributed by atoms with E-state index in [0.717, 1.165) is 12.0 Å². The minimum absolute atomic E-state index is 0.142. The molecule has 0 bridgehead atoms. The predicted molar refractivity (Wildman–Crippen MR) is 100 cm³/mol. The second-order valence-corrected chi connectivity index (χ2v) is 7.43. The number of terminal acetylenes is 1. The molecule has 4 nitrogen and oxygen atoms in total. The first-order valence-corrected chi connectivity index (χ1v) is 9.17. The lowest BCUT2D eigenvalue weighted by atomic mass is 9.66. The molecule has 1 aliphatic rings. The van der Waals surface area contributed by atoms with Gasteiger partial charge in [-0.25, -0.2) is 13.8 Å². The van der Waals surface area contributed by atoms with Gasteiger partial charge in [0.2, 0.25) is 0 Å². The van der Waals surface area contributed by atoms with Gasteiger partial charge in [0, 0.05) is 0 Å². The fourth-order valence-corrected chi connectivity index (χ4v) is 4.10. The molecule has 2 atom stereocenters. The van der Waals surface area contributed by atoms with Gasteiger partial charge in [0.15, 0.2) is 6.39 Å². The second kappa shape index (κ2) is 6.83. The molecule has 4 rings (SSSR count). The smallest absolute Gasteiger partial charge is 0.180 e. The monoisotopic (exact) mass is 379 g/mol. The van der Waals surface area contributed by atoms with Crippen molar-refractivity contribution in [3.05, 3.63) is 65.5 Å². The second-order valence-electron chi connectivity index (χ2n) is 7.43. The number of hydrogen-bond donors (Lipinski definition) is 0. The Morgan fingerprint density at radius 3 is 2.61 bits per heavy atom. The molecule has 2 aromatic heterocycles. The summed E-state index contributed by atoms with van der Waals surface area (Å²) in [6, 6.07) is 5.46. The molecule has 0 spiro atoms. The number of fused-ring (bicyclic) bond motifs is 1. The maximum Gasteiger partial charge on any atom is 0.180 e. The summed E-state index contributed by atoms with van der Waals surface area (Å²) in [5, 5.41) is 8.52. The van der Waals surface area contributed by atoms with Crippen molar-refractivity contribution in [3.63, 3.8) is 0 Å². The zero-order chi connectivity index (χ0) is 19.9. The number of oxazole rings is 1. The molecule has 0 unspecified atom stereocenters. The SMILES string of the molecule is C#C[C@]1(c2cnco2)CC[C@H](C(C)C)c2cc(-c3c(F)cccc3F)nnc21.